The molecular weight excluding hydrogens is 290 g/mol. The molecule has 0 heterocycles. The van der Waals surface area contributed by atoms with Crippen molar-refractivity contribution in [2.75, 3.05) is 7.11 Å². The number of ether oxygens (including phenoxy) is 2. The van der Waals surface area contributed by atoms with Crippen LogP contribution in [0.25, 0.3) is 0 Å². The molecule has 0 spiro atoms. The second-order valence-corrected chi connectivity index (χ2v) is 5.08. The van der Waals surface area contributed by atoms with Crippen LogP contribution in [0.1, 0.15) is 24.1 Å². The summed E-state index contributed by atoms with van der Waals surface area (Å²) < 4.78 is 10.5. The predicted octanol–water partition coefficient (Wildman–Crippen LogP) is 4.54. The summed E-state index contributed by atoms with van der Waals surface area (Å²) in [5.74, 6) is 0.769. The molecule has 4 heteroatoms. The molecule has 0 aromatic heterocycles. The van der Waals surface area contributed by atoms with E-state index in [1.807, 2.05) is 61.5 Å². The molecule has 2 aromatic carbocycles. The highest BCUT2D eigenvalue weighted by atomic mass is 16.6. The highest BCUT2D eigenvalue weighted by Gasteiger charge is 2.20. The van der Waals surface area contributed by atoms with Gasteiger partial charge in [0.2, 0.25) is 0 Å². The first-order chi connectivity index (χ1) is 11.2. The van der Waals surface area contributed by atoms with Crippen LogP contribution in [0, 0.1) is 0 Å². The molecule has 0 bridgehead atoms. The van der Waals surface area contributed by atoms with Gasteiger partial charge in [-0.05, 0) is 30.2 Å². The summed E-state index contributed by atoms with van der Waals surface area (Å²) in [5.41, 5.74) is 1.92. The number of nitrogens with zero attached hydrogens (tertiary/aromatic N) is 1. The molecule has 0 N–H and O–H groups in total. The number of amides is 1. The molecule has 0 fully saturated rings. The third-order valence-electron chi connectivity index (χ3n) is 3.63. The zero-order valence-corrected chi connectivity index (χ0v) is 13.4. The van der Waals surface area contributed by atoms with E-state index in [0.29, 0.717) is 0 Å². The summed E-state index contributed by atoms with van der Waals surface area (Å²) in [5, 5.41) is 0. The quantitative estimate of drug-likeness (QED) is 0.786. The summed E-state index contributed by atoms with van der Waals surface area (Å²) in [6, 6.07) is 17.0. The van der Waals surface area contributed by atoms with Crippen molar-refractivity contribution in [3.8, 4) is 5.75 Å². The first kappa shape index (κ1) is 16.6. The Hall–Kier alpha value is -2.75. The van der Waals surface area contributed by atoms with Gasteiger partial charge in [0.15, 0.2) is 0 Å². The number of carbonyl (C=O) groups excluding carboxylic acids is 1. The van der Waals surface area contributed by atoms with E-state index in [1.165, 1.54) is 11.1 Å². The van der Waals surface area contributed by atoms with Crippen molar-refractivity contribution in [1.82, 2.24) is 4.90 Å². The Labute approximate surface area is 137 Å². The van der Waals surface area contributed by atoms with Crippen LogP contribution >= 0.6 is 0 Å². The molecule has 4 nitrogen and oxygen atoms in total. The highest BCUT2D eigenvalue weighted by molar-refractivity contribution is 5.69. The minimum absolute atomic E-state index is 0.142. The van der Waals surface area contributed by atoms with Crippen molar-refractivity contribution < 1.29 is 14.3 Å². The molecule has 1 amide bonds. The molecule has 2 rings (SSSR count). The monoisotopic (exact) mass is 311 g/mol. The normalized spacial score (nSPS) is 11.4. The van der Waals surface area contributed by atoms with Crippen LogP contribution < -0.4 is 4.74 Å². The number of hydrogen-bond acceptors (Lipinski definition) is 3. The van der Waals surface area contributed by atoms with E-state index in [9.17, 15) is 4.79 Å². The van der Waals surface area contributed by atoms with Gasteiger partial charge in [-0.3, -0.25) is 4.90 Å². The standard InChI is InChI=1S/C19H21NO3/c1-4-20(15(2)17-8-6-5-7-9-17)19(21)23-14-16-10-12-18(22-3)13-11-16/h4-13,15H,1,14H2,2-3H3/t15-/m0/s1. The van der Waals surface area contributed by atoms with Crippen molar-refractivity contribution in [2.45, 2.75) is 19.6 Å². The summed E-state index contributed by atoms with van der Waals surface area (Å²) in [6.07, 6.45) is 1.07. The second kappa shape index (κ2) is 8.03. The van der Waals surface area contributed by atoms with Crippen molar-refractivity contribution in [2.24, 2.45) is 0 Å². The fourth-order valence-electron chi connectivity index (χ4n) is 2.22. The minimum atomic E-state index is -0.424. The van der Waals surface area contributed by atoms with Crippen LogP contribution in [-0.2, 0) is 11.3 Å². The molecular formula is C19H21NO3. The molecule has 0 aliphatic carbocycles. The van der Waals surface area contributed by atoms with Crippen molar-refractivity contribution >= 4 is 6.09 Å². The van der Waals surface area contributed by atoms with E-state index in [2.05, 4.69) is 6.58 Å². The fraction of sp³-hybridized carbons (Fsp3) is 0.211. The zero-order valence-electron chi connectivity index (χ0n) is 13.4. The van der Waals surface area contributed by atoms with Gasteiger partial charge in [-0.25, -0.2) is 4.79 Å². The van der Waals surface area contributed by atoms with Gasteiger partial charge in [0.05, 0.1) is 13.2 Å². The number of carbonyl (C=O) groups is 1. The van der Waals surface area contributed by atoms with Crippen LogP contribution in [0.4, 0.5) is 4.79 Å². The van der Waals surface area contributed by atoms with Crippen LogP contribution in [0.3, 0.4) is 0 Å². The third-order valence-corrected chi connectivity index (χ3v) is 3.63. The van der Waals surface area contributed by atoms with E-state index in [1.54, 1.807) is 7.11 Å². The lowest BCUT2D eigenvalue weighted by molar-refractivity contribution is 0.101. The van der Waals surface area contributed by atoms with E-state index >= 15 is 0 Å². The van der Waals surface area contributed by atoms with Crippen molar-refractivity contribution in [3.63, 3.8) is 0 Å². The highest BCUT2D eigenvalue weighted by Crippen LogP contribution is 2.21. The Morgan fingerprint density at radius 1 is 1.17 bits per heavy atom. The zero-order chi connectivity index (χ0) is 16.7. The number of methoxy groups -OCH3 is 1. The van der Waals surface area contributed by atoms with E-state index in [-0.39, 0.29) is 12.6 Å². The lowest BCUT2D eigenvalue weighted by atomic mass is 10.1. The summed E-state index contributed by atoms with van der Waals surface area (Å²) >= 11 is 0. The second-order valence-electron chi connectivity index (χ2n) is 5.08. The molecule has 0 saturated carbocycles. The largest absolute Gasteiger partial charge is 0.497 e. The molecule has 120 valence electrons. The van der Waals surface area contributed by atoms with Gasteiger partial charge in [-0.2, -0.15) is 0 Å². The van der Waals surface area contributed by atoms with Gasteiger partial charge in [0.1, 0.15) is 12.4 Å². The number of hydrogen-bond donors (Lipinski definition) is 0. The van der Waals surface area contributed by atoms with E-state index in [0.717, 1.165) is 16.9 Å². The minimum Gasteiger partial charge on any atom is -0.497 e. The van der Waals surface area contributed by atoms with Gasteiger partial charge in [-0.15, -0.1) is 0 Å². The van der Waals surface area contributed by atoms with Gasteiger partial charge < -0.3 is 9.47 Å². The summed E-state index contributed by atoms with van der Waals surface area (Å²) in [4.78, 5) is 13.8. The van der Waals surface area contributed by atoms with Gasteiger partial charge >= 0.3 is 6.09 Å². The maximum absolute atomic E-state index is 12.3. The first-order valence-electron chi connectivity index (χ1n) is 7.41. The molecule has 0 saturated heterocycles. The van der Waals surface area contributed by atoms with Crippen LogP contribution in [0.2, 0.25) is 0 Å². The Bertz CT molecular complexity index is 637. The predicted molar refractivity (Wildman–Crippen MR) is 90.1 cm³/mol. The number of benzene rings is 2. The van der Waals surface area contributed by atoms with Gasteiger partial charge in [0, 0.05) is 6.20 Å². The topological polar surface area (TPSA) is 38.8 Å². The Kier molecular flexibility index (Phi) is 5.80. The Morgan fingerprint density at radius 3 is 2.39 bits per heavy atom. The van der Waals surface area contributed by atoms with Crippen LogP contribution in [0.15, 0.2) is 67.4 Å². The van der Waals surface area contributed by atoms with Crippen LogP contribution in [0.5, 0.6) is 5.75 Å². The smallest absolute Gasteiger partial charge is 0.414 e. The molecule has 0 radical (unpaired) electrons. The Morgan fingerprint density at radius 2 is 1.83 bits per heavy atom. The fourth-order valence-corrected chi connectivity index (χ4v) is 2.22. The lowest BCUT2D eigenvalue weighted by Crippen LogP contribution is -2.29. The maximum Gasteiger partial charge on any atom is 0.414 e. The first-order valence-corrected chi connectivity index (χ1v) is 7.41. The van der Waals surface area contributed by atoms with Gasteiger partial charge in [0.25, 0.3) is 0 Å². The number of rotatable bonds is 6. The average molecular weight is 311 g/mol. The van der Waals surface area contributed by atoms with E-state index < -0.39 is 6.09 Å². The summed E-state index contributed by atoms with van der Waals surface area (Å²) in [7, 11) is 1.61. The third kappa shape index (κ3) is 4.36. The molecule has 1 atom stereocenters. The van der Waals surface area contributed by atoms with Crippen molar-refractivity contribution in [1.29, 1.82) is 0 Å². The van der Waals surface area contributed by atoms with Crippen LogP contribution in [-0.4, -0.2) is 18.1 Å². The molecule has 0 aliphatic rings. The molecule has 23 heavy (non-hydrogen) atoms. The van der Waals surface area contributed by atoms with Gasteiger partial charge in [-0.1, -0.05) is 49.0 Å². The SMILES string of the molecule is C=CN(C(=O)OCc1ccc(OC)cc1)[C@@H](C)c1ccccc1. The molecule has 0 aliphatic heterocycles. The summed E-state index contributed by atoms with van der Waals surface area (Å²) in [6.45, 7) is 5.85. The van der Waals surface area contributed by atoms with Crippen molar-refractivity contribution in [3.05, 3.63) is 78.5 Å². The maximum atomic E-state index is 12.3. The lowest BCUT2D eigenvalue weighted by Gasteiger charge is -2.25. The Balaban J connectivity index is 1.98. The molecule has 0 unspecified atom stereocenters. The average Bonchev–Trinajstić information content (AvgIpc) is 2.61. The van der Waals surface area contributed by atoms with E-state index in [4.69, 9.17) is 9.47 Å². The molecule has 2 aromatic rings.